The monoisotopic (exact) mass is 290 g/mol. The first kappa shape index (κ1) is 15.4. The highest BCUT2D eigenvalue weighted by Gasteiger charge is 2.30. The molecule has 0 spiro atoms. The molecule has 1 aromatic carbocycles. The molecule has 21 heavy (non-hydrogen) atoms. The summed E-state index contributed by atoms with van der Waals surface area (Å²) in [6, 6.07) is 7.87. The fourth-order valence-corrected chi connectivity index (χ4v) is 2.78. The molecule has 0 aliphatic heterocycles. The number of urea groups is 1. The van der Waals surface area contributed by atoms with Crippen molar-refractivity contribution in [2.45, 2.75) is 38.8 Å². The number of aryl methyl sites for hydroxylation is 1. The third-order valence-electron chi connectivity index (χ3n) is 3.96. The number of carbonyl (C=O) groups is 2. The van der Waals surface area contributed by atoms with E-state index in [9.17, 15) is 9.59 Å². The summed E-state index contributed by atoms with van der Waals surface area (Å²) >= 11 is 0. The lowest BCUT2D eigenvalue weighted by atomic mass is 10.1. The summed E-state index contributed by atoms with van der Waals surface area (Å²) in [7, 11) is 1.75. The zero-order valence-electron chi connectivity index (χ0n) is 12.5. The van der Waals surface area contributed by atoms with E-state index in [0.29, 0.717) is 19.4 Å². The van der Waals surface area contributed by atoms with Crippen molar-refractivity contribution >= 4 is 12.0 Å². The molecule has 2 rings (SSSR count). The topological polar surface area (TPSA) is 69.6 Å². The van der Waals surface area contributed by atoms with E-state index < -0.39 is 5.97 Å². The van der Waals surface area contributed by atoms with Crippen molar-refractivity contribution < 1.29 is 14.7 Å². The fourth-order valence-electron chi connectivity index (χ4n) is 2.78. The third kappa shape index (κ3) is 4.21. The summed E-state index contributed by atoms with van der Waals surface area (Å²) in [6.45, 7) is 2.57. The van der Waals surface area contributed by atoms with Gasteiger partial charge in [0.1, 0.15) is 0 Å². The number of nitrogens with zero attached hydrogens (tertiary/aromatic N) is 1. The molecule has 1 aliphatic carbocycles. The van der Waals surface area contributed by atoms with Crippen LogP contribution < -0.4 is 5.32 Å². The largest absolute Gasteiger partial charge is 0.481 e. The van der Waals surface area contributed by atoms with Gasteiger partial charge in [0.05, 0.1) is 5.92 Å². The van der Waals surface area contributed by atoms with Gasteiger partial charge in [0.2, 0.25) is 0 Å². The first-order chi connectivity index (χ1) is 9.95. The van der Waals surface area contributed by atoms with Crippen LogP contribution in [0.5, 0.6) is 0 Å². The number of benzene rings is 1. The van der Waals surface area contributed by atoms with E-state index in [1.807, 2.05) is 25.1 Å². The summed E-state index contributed by atoms with van der Waals surface area (Å²) in [5, 5.41) is 11.9. The molecule has 2 N–H and O–H groups in total. The van der Waals surface area contributed by atoms with Gasteiger partial charge < -0.3 is 15.3 Å². The normalized spacial score (nSPS) is 21.0. The molecule has 0 saturated heterocycles. The van der Waals surface area contributed by atoms with Gasteiger partial charge in [-0.2, -0.15) is 0 Å². The van der Waals surface area contributed by atoms with Crippen LogP contribution in [0.1, 0.15) is 30.4 Å². The van der Waals surface area contributed by atoms with Crippen LogP contribution in [0.3, 0.4) is 0 Å². The van der Waals surface area contributed by atoms with Gasteiger partial charge in [-0.1, -0.05) is 29.8 Å². The summed E-state index contributed by atoms with van der Waals surface area (Å²) in [6.07, 6.45) is 1.90. The molecular weight excluding hydrogens is 268 g/mol. The zero-order valence-corrected chi connectivity index (χ0v) is 12.5. The predicted molar refractivity (Wildman–Crippen MR) is 79.9 cm³/mol. The first-order valence-corrected chi connectivity index (χ1v) is 7.25. The summed E-state index contributed by atoms with van der Waals surface area (Å²) in [4.78, 5) is 24.7. The Bertz CT molecular complexity index is 530. The lowest BCUT2D eigenvalue weighted by molar-refractivity contribution is -0.141. The third-order valence-corrected chi connectivity index (χ3v) is 3.96. The predicted octanol–water partition coefficient (Wildman–Crippen LogP) is 2.39. The number of carboxylic acid groups (broad SMARTS) is 1. The van der Waals surface area contributed by atoms with E-state index in [1.165, 1.54) is 5.56 Å². The number of hydrogen-bond acceptors (Lipinski definition) is 2. The average Bonchev–Trinajstić information content (AvgIpc) is 2.87. The number of aliphatic carboxylic acids is 1. The minimum atomic E-state index is -0.764. The molecule has 0 aromatic heterocycles. The highest BCUT2D eigenvalue weighted by atomic mass is 16.4. The fraction of sp³-hybridized carbons (Fsp3) is 0.500. The standard InChI is InChI=1S/C16H22N2O3/c1-11-4-3-5-12(8-11)10-18(2)16(21)17-14-7-6-13(9-14)15(19)20/h3-5,8,13-14H,6-7,9-10H2,1-2H3,(H,17,21)(H,19,20)/t13-,14+/m1/s1. The van der Waals surface area contributed by atoms with Crippen LogP contribution in [0, 0.1) is 12.8 Å². The SMILES string of the molecule is Cc1cccc(CN(C)C(=O)N[C@H]2CC[C@@H](C(=O)O)C2)c1. The number of amides is 2. The second kappa shape index (κ2) is 6.61. The Hall–Kier alpha value is -2.04. The van der Waals surface area contributed by atoms with Crippen molar-refractivity contribution in [2.75, 3.05) is 7.05 Å². The maximum absolute atomic E-state index is 12.1. The van der Waals surface area contributed by atoms with Crippen molar-refractivity contribution in [3.8, 4) is 0 Å². The Labute approximate surface area is 125 Å². The molecule has 2 atom stereocenters. The second-order valence-electron chi connectivity index (χ2n) is 5.84. The van der Waals surface area contributed by atoms with Crippen LogP contribution in [0.15, 0.2) is 24.3 Å². The van der Waals surface area contributed by atoms with Gasteiger partial charge in [0.15, 0.2) is 0 Å². The van der Waals surface area contributed by atoms with Crippen molar-refractivity contribution in [3.05, 3.63) is 35.4 Å². The van der Waals surface area contributed by atoms with Crippen molar-refractivity contribution in [2.24, 2.45) is 5.92 Å². The highest BCUT2D eigenvalue weighted by Crippen LogP contribution is 2.25. The smallest absolute Gasteiger partial charge is 0.317 e. The average molecular weight is 290 g/mol. The van der Waals surface area contributed by atoms with E-state index >= 15 is 0 Å². The molecule has 1 aliphatic rings. The Morgan fingerprint density at radius 1 is 1.38 bits per heavy atom. The maximum Gasteiger partial charge on any atom is 0.317 e. The van der Waals surface area contributed by atoms with E-state index in [4.69, 9.17) is 5.11 Å². The van der Waals surface area contributed by atoms with Crippen molar-refractivity contribution in [3.63, 3.8) is 0 Å². The van der Waals surface area contributed by atoms with Gasteiger partial charge in [-0.25, -0.2) is 4.79 Å². The molecule has 1 saturated carbocycles. The Balaban J connectivity index is 1.84. The second-order valence-corrected chi connectivity index (χ2v) is 5.84. The Morgan fingerprint density at radius 3 is 2.76 bits per heavy atom. The summed E-state index contributed by atoms with van der Waals surface area (Å²) in [5.41, 5.74) is 2.25. The minimum absolute atomic E-state index is 0.0291. The van der Waals surface area contributed by atoms with Gasteiger partial charge in [0.25, 0.3) is 0 Å². The molecular formula is C16H22N2O3. The molecule has 114 valence electrons. The Morgan fingerprint density at radius 2 is 2.14 bits per heavy atom. The molecule has 1 aromatic rings. The molecule has 0 heterocycles. The quantitative estimate of drug-likeness (QED) is 0.894. The summed E-state index contributed by atoms with van der Waals surface area (Å²) in [5.74, 6) is -1.09. The van der Waals surface area contributed by atoms with Crippen LogP contribution in [-0.4, -0.2) is 35.1 Å². The number of carbonyl (C=O) groups excluding carboxylic acids is 1. The van der Waals surface area contributed by atoms with Crippen LogP contribution in [0.4, 0.5) is 4.79 Å². The van der Waals surface area contributed by atoms with E-state index in [-0.39, 0.29) is 18.0 Å². The molecule has 1 fully saturated rings. The lowest BCUT2D eigenvalue weighted by Crippen LogP contribution is -2.42. The van der Waals surface area contributed by atoms with Gasteiger partial charge in [-0.3, -0.25) is 4.79 Å². The van der Waals surface area contributed by atoms with Crippen LogP contribution >= 0.6 is 0 Å². The molecule has 0 unspecified atom stereocenters. The molecule has 5 nitrogen and oxygen atoms in total. The first-order valence-electron chi connectivity index (χ1n) is 7.25. The minimum Gasteiger partial charge on any atom is -0.481 e. The van der Waals surface area contributed by atoms with E-state index in [2.05, 4.69) is 11.4 Å². The molecule has 0 radical (unpaired) electrons. The van der Waals surface area contributed by atoms with Crippen LogP contribution in [-0.2, 0) is 11.3 Å². The van der Waals surface area contributed by atoms with Crippen molar-refractivity contribution in [1.82, 2.24) is 10.2 Å². The Kier molecular flexibility index (Phi) is 4.83. The van der Waals surface area contributed by atoms with Gasteiger partial charge in [-0.15, -0.1) is 0 Å². The van der Waals surface area contributed by atoms with Gasteiger partial charge in [-0.05, 0) is 31.7 Å². The number of hydrogen-bond donors (Lipinski definition) is 2. The number of carboxylic acids is 1. The number of nitrogens with one attached hydrogen (secondary N) is 1. The van der Waals surface area contributed by atoms with Crippen molar-refractivity contribution in [1.29, 1.82) is 0 Å². The highest BCUT2D eigenvalue weighted by molar-refractivity contribution is 5.75. The van der Waals surface area contributed by atoms with Crippen LogP contribution in [0.2, 0.25) is 0 Å². The molecule has 0 bridgehead atoms. The molecule has 2 amide bonds. The van der Waals surface area contributed by atoms with Gasteiger partial charge in [0, 0.05) is 19.6 Å². The molecule has 5 heteroatoms. The van der Waals surface area contributed by atoms with Gasteiger partial charge >= 0.3 is 12.0 Å². The lowest BCUT2D eigenvalue weighted by Gasteiger charge is -2.21. The van der Waals surface area contributed by atoms with Crippen LogP contribution in [0.25, 0.3) is 0 Å². The number of rotatable bonds is 4. The summed E-state index contributed by atoms with van der Waals surface area (Å²) < 4.78 is 0. The zero-order chi connectivity index (χ0) is 15.4. The maximum atomic E-state index is 12.1. The van der Waals surface area contributed by atoms with E-state index in [1.54, 1.807) is 11.9 Å². The van der Waals surface area contributed by atoms with E-state index in [0.717, 1.165) is 12.0 Å².